The molecule has 2 bridgehead atoms. The highest BCUT2D eigenvalue weighted by Crippen LogP contribution is 2.64. The zero-order chi connectivity index (χ0) is 16.5. The number of rotatable bonds is 0. The Kier molecular flexibility index (Phi) is 3.30. The van der Waals surface area contributed by atoms with Crippen molar-refractivity contribution in [2.45, 2.75) is 44.9 Å². The second kappa shape index (κ2) is 5.21. The van der Waals surface area contributed by atoms with E-state index in [0.29, 0.717) is 0 Å². The van der Waals surface area contributed by atoms with Crippen molar-refractivity contribution in [2.24, 2.45) is 23.7 Å². The standard InChI is InChI=1S/C23H25Br/c1-14-9-16-11-15(2)23(17(10-14)12-16)21-6-4-3-5-19(21)20-8-7-18(24)13-22(20)23/h3-8,13-17H,9-12H2,1-2H3. The zero-order valence-electron chi connectivity index (χ0n) is 14.6. The predicted molar refractivity (Wildman–Crippen MR) is 104 cm³/mol. The highest BCUT2D eigenvalue weighted by molar-refractivity contribution is 9.10. The molecule has 0 heterocycles. The molecule has 0 aromatic heterocycles. The fourth-order valence-electron chi connectivity index (χ4n) is 6.69. The maximum atomic E-state index is 3.76. The SMILES string of the molecule is CC1CC2CC(C)C3(c4ccccc4-c4ccc(Br)cc43)C(C1)C2. The first-order valence-corrected chi connectivity index (χ1v) is 10.3. The maximum Gasteiger partial charge on any atom is 0.0269 e. The number of benzene rings is 2. The molecular weight excluding hydrogens is 356 g/mol. The Labute approximate surface area is 153 Å². The van der Waals surface area contributed by atoms with E-state index in [1.165, 1.54) is 41.3 Å². The van der Waals surface area contributed by atoms with E-state index < -0.39 is 0 Å². The molecule has 0 nitrogen and oxygen atoms in total. The Morgan fingerprint density at radius 1 is 0.875 bits per heavy atom. The molecule has 24 heavy (non-hydrogen) atoms. The lowest BCUT2D eigenvalue weighted by molar-refractivity contribution is 0.0426. The van der Waals surface area contributed by atoms with Gasteiger partial charge in [-0.1, -0.05) is 60.1 Å². The van der Waals surface area contributed by atoms with Gasteiger partial charge in [0.25, 0.3) is 0 Å². The number of halogens is 1. The van der Waals surface area contributed by atoms with Crippen LogP contribution in [0.15, 0.2) is 46.9 Å². The van der Waals surface area contributed by atoms with E-state index in [4.69, 9.17) is 0 Å². The Hall–Kier alpha value is -1.08. The van der Waals surface area contributed by atoms with E-state index >= 15 is 0 Å². The van der Waals surface area contributed by atoms with Crippen LogP contribution in [0.4, 0.5) is 0 Å². The minimum atomic E-state index is 0.237. The Bertz CT molecular complexity index is 803. The highest BCUT2D eigenvalue weighted by atomic mass is 79.9. The molecule has 1 spiro atoms. The third kappa shape index (κ3) is 1.85. The van der Waals surface area contributed by atoms with E-state index in [1.54, 1.807) is 11.1 Å². The van der Waals surface area contributed by atoms with Crippen LogP contribution < -0.4 is 0 Å². The average molecular weight is 381 g/mol. The number of fused-ring (bicyclic) bond motifs is 8. The summed E-state index contributed by atoms with van der Waals surface area (Å²) in [7, 11) is 0. The summed E-state index contributed by atoms with van der Waals surface area (Å²) in [4.78, 5) is 0. The number of hydrogen-bond donors (Lipinski definition) is 0. The molecular formula is C23H25Br. The van der Waals surface area contributed by atoms with Crippen molar-refractivity contribution in [2.75, 3.05) is 0 Å². The molecule has 2 aromatic rings. The first-order valence-electron chi connectivity index (χ1n) is 9.50. The van der Waals surface area contributed by atoms with Gasteiger partial charge in [0.15, 0.2) is 0 Å². The maximum absolute atomic E-state index is 3.76. The predicted octanol–water partition coefficient (Wildman–Crippen LogP) is 6.81. The van der Waals surface area contributed by atoms with Crippen molar-refractivity contribution in [1.82, 2.24) is 0 Å². The van der Waals surface area contributed by atoms with Gasteiger partial charge in [0.1, 0.15) is 0 Å². The summed E-state index contributed by atoms with van der Waals surface area (Å²) in [5, 5.41) is 0. The van der Waals surface area contributed by atoms with Crippen molar-refractivity contribution >= 4 is 15.9 Å². The van der Waals surface area contributed by atoms with Crippen LogP contribution in [0.25, 0.3) is 11.1 Å². The lowest BCUT2D eigenvalue weighted by Gasteiger charge is -2.54. The normalized spacial score (nSPS) is 36.5. The van der Waals surface area contributed by atoms with Crippen LogP contribution in [-0.4, -0.2) is 0 Å². The van der Waals surface area contributed by atoms with E-state index in [-0.39, 0.29) is 5.41 Å². The van der Waals surface area contributed by atoms with Gasteiger partial charge in [-0.05, 0) is 83.7 Å². The average Bonchev–Trinajstić information content (AvgIpc) is 2.83. The molecule has 5 unspecified atom stereocenters. The molecule has 2 aromatic carbocycles. The monoisotopic (exact) mass is 380 g/mol. The van der Waals surface area contributed by atoms with Gasteiger partial charge in [-0.2, -0.15) is 0 Å². The lowest BCUT2D eigenvalue weighted by Crippen LogP contribution is -2.49. The Morgan fingerprint density at radius 2 is 1.67 bits per heavy atom. The summed E-state index contributed by atoms with van der Waals surface area (Å²) in [6.07, 6.45) is 5.65. The molecule has 5 rings (SSSR count). The molecule has 2 saturated carbocycles. The molecule has 0 saturated heterocycles. The molecule has 0 N–H and O–H groups in total. The van der Waals surface area contributed by atoms with Crippen molar-refractivity contribution < 1.29 is 0 Å². The topological polar surface area (TPSA) is 0 Å². The van der Waals surface area contributed by atoms with Crippen LogP contribution in [0.1, 0.15) is 50.7 Å². The van der Waals surface area contributed by atoms with Crippen LogP contribution in [0.5, 0.6) is 0 Å². The lowest BCUT2D eigenvalue weighted by atomic mass is 9.49. The molecule has 3 aliphatic carbocycles. The smallest absolute Gasteiger partial charge is 0.0269 e. The molecule has 0 amide bonds. The molecule has 0 aliphatic heterocycles. The van der Waals surface area contributed by atoms with Gasteiger partial charge in [-0.3, -0.25) is 0 Å². The van der Waals surface area contributed by atoms with Gasteiger partial charge >= 0.3 is 0 Å². The summed E-state index contributed by atoms with van der Waals surface area (Å²) < 4.78 is 1.23. The summed E-state index contributed by atoms with van der Waals surface area (Å²) in [6.45, 7) is 5.01. The summed E-state index contributed by atoms with van der Waals surface area (Å²) in [5.41, 5.74) is 6.42. The van der Waals surface area contributed by atoms with Crippen LogP contribution in [0.2, 0.25) is 0 Å². The van der Waals surface area contributed by atoms with Crippen LogP contribution in [0, 0.1) is 23.7 Å². The van der Waals surface area contributed by atoms with Crippen LogP contribution in [0.3, 0.4) is 0 Å². The van der Waals surface area contributed by atoms with E-state index in [9.17, 15) is 0 Å². The van der Waals surface area contributed by atoms with Crippen molar-refractivity contribution in [3.05, 3.63) is 58.1 Å². The fourth-order valence-corrected chi connectivity index (χ4v) is 7.05. The molecule has 3 aliphatic rings. The Balaban J connectivity index is 1.81. The van der Waals surface area contributed by atoms with Gasteiger partial charge in [-0.25, -0.2) is 0 Å². The van der Waals surface area contributed by atoms with Gasteiger partial charge < -0.3 is 0 Å². The summed E-state index contributed by atoms with van der Waals surface area (Å²) >= 11 is 3.76. The van der Waals surface area contributed by atoms with E-state index in [2.05, 4.69) is 72.2 Å². The van der Waals surface area contributed by atoms with Gasteiger partial charge in [-0.15, -0.1) is 0 Å². The van der Waals surface area contributed by atoms with Crippen LogP contribution >= 0.6 is 15.9 Å². The highest BCUT2D eigenvalue weighted by Gasteiger charge is 2.56. The largest absolute Gasteiger partial charge is 0.0625 e. The van der Waals surface area contributed by atoms with Crippen LogP contribution in [-0.2, 0) is 5.41 Å². The Morgan fingerprint density at radius 3 is 2.54 bits per heavy atom. The van der Waals surface area contributed by atoms with Crippen molar-refractivity contribution in [1.29, 1.82) is 0 Å². The second-order valence-corrected chi connectivity index (χ2v) is 9.53. The van der Waals surface area contributed by atoms with E-state index in [1.807, 2.05) is 0 Å². The summed E-state index contributed by atoms with van der Waals surface area (Å²) in [6, 6.07) is 16.2. The van der Waals surface area contributed by atoms with E-state index in [0.717, 1.165) is 23.7 Å². The molecule has 0 radical (unpaired) electrons. The second-order valence-electron chi connectivity index (χ2n) is 8.62. The third-order valence-corrected chi connectivity index (χ3v) is 7.73. The molecule has 124 valence electrons. The third-order valence-electron chi connectivity index (χ3n) is 7.24. The minimum absolute atomic E-state index is 0.237. The molecule has 1 heteroatoms. The number of hydrogen-bond acceptors (Lipinski definition) is 0. The fraction of sp³-hybridized carbons (Fsp3) is 0.478. The van der Waals surface area contributed by atoms with Crippen molar-refractivity contribution in [3.8, 4) is 11.1 Å². The zero-order valence-corrected chi connectivity index (χ0v) is 16.1. The first kappa shape index (κ1) is 15.2. The van der Waals surface area contributed by atoms with Crippen molar-refractivity contribution in [3.63, 3.8) is 0 Å². The van der Waals surface area contributed by atoms with Gasteiger partial charge in [0.05, 0.1) is 0 Å². The minimum Gasteiger partial charge on any atom is -0.0625 e. The quantitative estimate of drug-likeness (QED) is 0.470. The molecule has 5 atom stereocenters. The summed E-state index contributed by atoms with van der Waals surface area (Å²) in [5.74, 6) is 3.35. The van der Waals surface area contributed by atoms with Gasteiger partial charge in [0.2, 0.25) is 0 Å². The molecule has 2 fully saturated rings. The van der Waals surface area contributed by atoms with Gasteiger partial charge in [0, 0.05) is 9.89 Å². The first-order chi connectivity index (χ1) is 11.6.